The molecule has 0 radical (unpaired) electrons. The van der Waals surface area contributed by atoms with Crippen LogP contribution in [0.2, 0.25) is 0 Å². The highest BCUT2D eigenvalue weighted by Gasteiger charge is 2.40. The van der Waals surface area contributed by atoms with E-state index in [1.165, 1.54) is 5.56 Å². The largest absolute Gasteiger partial charge is 0.374 e. The number of benzene rings is 1. The van der Waals surface area contributed by atoms with E-state index < -0.39 is 0 Å². The molecule has 1 saturated heterocycles. The van der Waals surface area contributed by atoms with E-state index >= 15 is 0 Å². The van der Waals surface area contributed by atoms with Crippen LogP contribution in [0.3, 0.4) is 0 Å². The number of anilines is 1. The summed E-state index contributed by atoms with van der Waals surface area (Å²) >= 11 is 3.51. The van der Waals surface area contributed by atoms with Crippen LogP contribution < -0.4 is 5.32 Å². The fraction of sp³-hybridized carbons (Fsp3) is 0.400. The highest BCUT2D eigenvalue weighted by molar-refractivity contribution is 9.10. The van der Waals surface area contributed by atoms with Gasteiger partial charge in [-0.1, -0.05) is 22.0 Å². The van der Waals surface area contributed by atoms with Gasteiger partial charge in [0.25, 0.3) is 0 Å². The van der Waals surface area contributed by atoms with Gasteiger partial charge < -0.3 is 14.8 Å². The van der Waals surface area contributed by atoms with Gasteiger partial charge in [0.05, 0.1) is 13.2 Å². The van der Waals surface area contributed by atoms with Gasteiger partial charge in [0.15, 0.2) is 6.23 Å². The molecule has 2 aliphatic rings. The summed E-state index contributed by atoms with van der Waals surface area (Å²) in [6, 6.07) is 6.08. The van der Waals surface area contributed by atoms with Crippen molar-refractivity contribution in [2.75, 3.05) is 11.9 Å². The Balaban J connectivity index is 1.98. The van der Waals surface area contributed by atoms with Crippen LogP contribution >= 0.6 is 15.9 Å². The normalized spacial score (nSPS) is 29.2. The van der Waals surface area contributed by atoms with Crippen LogP contribution in [0.15, 0.2) is 22.7 Å². The molecule has 74 valence electrons. The lowest BCUT2D eigenvalue weighted by Crippen LogP contribution is -2.16. The van der Waals surface area contributed by atoms with Crippen LogP contribution in [0, 0.1) is 0 Å². The Morgan fingerprint density at radius 2 is 2.36 bits per heavy atom. The predicted octanol–water partition coefficient (Wildman–Crippen LogP) is 2.12. The van der Waals surface area contributed by atoms with Crippen molar-refractivity contribution in [1.82, 2.24) is 0 Å². The van der Waals surface area contributed by atoms with Crippen LogP contribution in [-0.4, -0.2) is 18.9 Å². The average molecular weight is 256 g/mol. The highest BCUT2D eigenvalue weighted by atomic mass is 79.9. The van der Waals surface area contributed by atoms with E-state index in [2.05, 4.69) is 21.2 Å². The van der Waals surface area contributed by atoms with Crippen molar-refractivity contribution in [3.63, 3.8) is 0 Å². The maximum absolute atomic E-state index is 5.54. The predicted molar refractivity (Wildman–Crippen MR) is 56.1 cm³/mol. The Morgan fingerprint density at radius 3 is 3.29 bits per heavy atom. The first-order valence-corrected chi connectivity index (χ1v) is 5.41. The molecule has 2 atom stereocenters. The van der Waals surface area contributed by atoms with Crippen molar-refractivity contribution in [3.05, 3.63) is 28.2 Å². The topological polar surface area (TPSA) is 33.8 Å². The van der Waals surface area contributed by atoms with Crippen molar-refractivity contribution < 1.29 is 9.47 Å². The summed E-state index contributed by atoms with van der Waals surface area (Å²) in [5, 5.41) is 3.34. The summed E-state index contributed by atoms with van der Waals surface area (Å²) in [6.07, 6.45) is 0.380. The zero-order valence-corrected chi connectivity index (χ0v) is 9.08. The Hall–Kier alpha value is -0.580. The number of hydrogen-bond acceptors (Lipinski definition) is 3. The summed E-state index contributed by atoms with van der Waals surface area (Å²) in [5.41, 5.74) is 2.27. The molecule has 1 aromatic rings. The Kier molecular flexibility index (Phi) is 2.00. The number of rotatable bonds is 0. The van der Waals surface area contributed by atoms with Crippen LogP contribution in [0.4, 0.5) is 5.69 Å². The highest BCUT2D eigenvalue weighted by Crippen LogP contribution is 2.33. The molecule has 2 unspecified atom stereocenters. The van der Waals surface area contributed by atoms with E-state index in [9.17, 15) is 0 Å². The molecule has 2 aliphatic heterocycles. The number of nitrogens with one attached hydrogen (secondary N) is 1. The molecule has 0 amide bonds. The van der Waals surface area contributed by atoms with Gasteiger partial charge in [0, 0.05) is 15.7 Å². The first-order chi connectivity index (χ1) is 6.84. The van der Waals surface area contributed by atoms with E-state index in [1.54, 1.807) is 0 Å². The van der Waals surface area contributed by atoms with Gasteiger partial charge in [0.1, 0.15) is 6.10 Å². The van der Waals surface area contributed by atoms with Gasteiger partial charge in [-0.05, 0) is 12.1 Å². The fourth-order valence-corrected chi connectivity index (χ4v) is 2.15. The monoisotopic (exact) mass is 255 g/mol. The van der Waals surface area contributed by atoms with Crippen LogP contribution in [0.5, 0.6) is 0 Å². The zero-order valence-electron chi connectivity index (χ0n) is 7.50. The maximum atomic E-state index is 5.54. The standard InChI is InChI=1S/C10H10BrNO2/c11-7-2-1-3-8-6(7)4-13-5-9-10(12-8)14-9/h1-3,9-10,12H,4-5H2. The third-order valence-electron chi connectivity index (χ3n) is 2.53. The molecule has 0 aromatic heterocycles. The molecular weight excluding hydrogens is 246 g/mol. The molecule has 2 heterocycles. The smallest absolute Gasteiger partial charge is 0.157 e. The van der Waals surface area contributed by atoms with Crippen LogP contribution in [0.1, 0.15) is 5.56 Å². The Bertz CT molecular complexity index is 369. The lowest BCUT2D eigenvalue weighted by atomic mass is 10.2. The SMILES string of the molecule is Brc1cccc2c1COCC1OC1N2. The molecule has 14 heavy (non-hydrogen) atoms. The van der Waals surface area contributed by atoms with Crippen molar-refractivity contribution >= 4 is 21.6 Å². The number of halogens is 1. The van der Waals surface area contributed by atoms with Crippen molar-refractivity contribution in [1.29, 1.82) is 0 Å². The van der Waals surface area contributed by atoms with Crippen molar-refractivity contribution in [3.8, 4) is 0 Å². The van der Waals surface area contributed by atoms with E-state index in [0.29, 0.717) is 13.2 Å². The molecule has 3 rings (SSSR count). The Morgan fingerprint density at radius 1 is 1.43 bits per heavy atom. The molecule has 0 bridgehead atoms. The summed E-state index contributed by atoms with van der Waals surface area (Å²) in [7, 11) is 0. The summed E-state index contributed by atoms with van der Waals surface area (Å²) in [4.78, 5) is 0. The summed E-state index contributed by atoms with van der Waals surface area (Å²) in [6.45, 7) is 1.31. The minimum Gasteiger partial charge on any atom is -0.374 e. The zero-order chi connectivity index (χ0) is 9.54. The maximum Gasteiger partial charge on any atom is 0.157 e. The first kappa shape index (κ1) is 8.71. The van der Waals surface area contributed by atoms with Gasteiger partial charge in [-0.3, -0.25) is 0 Å². The van der Waals surface area contributed by atoms with Gasteiger partial charge in [-0.15, -0.1) is 0 Å². The van der Waals surface area contributed by atoms with E-state index in [-0.39, 0.29) is 12.3 Å². The molecule has 0 aliphatic carbocycles. The van der Waals surface area contributed by atoms with Crippen LogP contribution in [0.25, 0.3) is 0 Å². The first-order valence-electron chi connectivity index (χ1n) is 4.62. The molecule has 1 fully saturated rings. The minimum absolute atomic E-state index is 0.142. The molecule has 1 aromatic carbocycles. The molecular formula is C10H10BrNO2. The second-order valence-corrected chi connectivity index (χ2v) is 4.37. The second kappa shape index (κ2) is 3.22. The average Bonchev–Trinajstić information content (AvgIpc) is 2.83. The number of epoxide rings is 1. The molecule has 4 heteroatoms. The third-order valence-corrected chi connectivity index (χ3v) is 3.27. The van der Waals surface area contributed by atoms with Crippen LogP contribution in [-0.2, 0) is 16.1 Å². The summed E-state index contributed by atoms with van der Waals surface area (Å²) in [5.74, 6) is 0. The number of ether oxygens (including phenoxy) is 2. The lowest BCUT2D eigenvalue weighted by molar-refractivity contribution is 0.104. The molecule has 1 N–H and O–H groups in total. The third kappa shape index (κ3) is 1.43. The Labute approximate surface area is 90.5 Å². The van der Waals surface area contributed by atoms with Gasteiger partial charge in [-0.25, -0.2) is 0 Å². The number of fused-ring (bicyclic) bond motifs is 2. The molecule has 0 spiro atoms. The van der Waals surface area contributed by atoms with E-state index in [4.69, 9.17) is 9.47 Å². The van der Waals surface area contributed by atoms with Gasteiger partial charge in [0.2, 0.25) is 0 Å². The summed E-state index contributed by atoms with van der Waals surface area (Å²) < 4.78 is 12.0. The van der Waals surface area contributed by atoms with Crippen molar-refractivity contribution in [2.45, 2.75) is 18.9 Å². The minimum atomic E-state index is 0.142. The fourth-order valence-electron chi connectivity index (χ4n) is 1.67. The molecule has 3 nitrogen and oxygen atoms in total. The number of hydrogen-bond donors (Lipinski definition) is 1. The van der Waals surface area contributed by atoms with Gasteiger partial charge >= 0.3 is 0 Å². The second-order valence-electron chi connectivity index (χ2n) is 3.52. The quantitative estimate of drug-likeness (QED) is 0.722. The van der Waals surface area contributed by atoms with E-state index in [0.717, 1.165) is 10.2 Å². The van der Waals surface area contributed by atoms with Gasteiger partial charge in [-0.2, -0.15) is 0 Å². The van der Waals surface area contributed by atoms with Crippen molar-refractivity contribution in [2.24, 2.45) is 0 Å². The van der Waals surface area contributed by atoms with E-state index in [1.807, 2.05) is 18.2 Å². The lowest BCUT2D eigenvalue weighted by Gasteiger charge is -2.14. The molecule has 0 saturated carbocycles.